The highest BCUT2D eigenvalue weighted by Crippen LogP contribution is 2.38. The molecule has 1 heterocycles. The van der Waals surface area contributed by atoms with E-state index in [1.54, 1.807) is 11.8 Å². The molecule has 5 aromatic carbocycles. The number of thioether (sulfide) groups is 1. The average molecular weight is 633 g/mol. The van der Waals surface area contributed by atoms with Crippen molar-refractivity contribution in [3.63, 3.8) is 0 Å². The topological polar surface area (TPSA) is 46.2 Å². The Bertz CT molecular complexity index is 1540. The first kappa shape index (κ1) is 32.2. The van der Waals surface area contributed by atoms with Gasteiger partial charge in [-0.15, -0.1) is 0 Å². The van der Waals surface area contributed by atoms with E-state index in [1.807, 2.05) is 91.0 Å². The Kier molecular flexibility index (Phi) is 12.1. The monoisotopic (exact) mass is 632 g/mol. The van der Waals surface area contributed by atoms with E-state index in [-0.39, 0.29) is 5.44 Å². The van der Waals surface area contributed by atoms with E-state index in [9.17, 15) is 0 Å². The molecular formula is C40H40O5S. The minimum Gasteiger partial charge on any atom is -0.374 e. The molecule has 0 N–H and O–H groups in total. The third-order valence-electron chi connectivity index (χ3n) is 7.84. The predicted molar refractivity (Wildman–Crippen MR) is 182 cm³/mol. The van der Waals surface area contributed by atoms with Crippen molar-refractivity contribution in [2.75, 3.05) is 6.61 Å². The number of ether oxygens (including phenoxy) is 5. The van der Waals surface area contributed by atoms with Gasteiger partial charge in [-0.05, 0) is 34.4 Å². The van der Waals surface area contributed by atoms with Crippen LogP contribution in [0.4, 0.5) is 0 Å². The van der Waals surface area contributed by atoms with Crippen molar-refractivity contribution in [1.82, 2.24) is 0 Å². The average Bonchev–Trinajstić information content (AvgIpc) is 3.12. The van der Waals surface area contributed by atoms with E-state index in [4.69, 9.17) is 23.7 Å². The Morgan fingerprint density at radius 2 is 0.826 bits per heavy atom. The molecule has 0 radical (unpaired) electrons. The van der Waals surface area contributed by atoms with E-state index in [0.717, 1.165) is 27.1 Å². The highest BCUT2D eigenvalue weighted by Gasteiger charge is 2.48. The van der Waals surface area contributed by atoms with Crippen LogP contribution in [0.3, 0.4) is 0 Å². The first-order valence-electron chi connectivity index (χ1n) is 15.8. The van der Waals surface area contributed by atoms with Gasteiger partial charge in [0.05, 0.1) is 33.0 Å². The molecule has 6 heteroatoms. The summed E-state index contributed by atoms with van der Waals surface area (Å²) in [6.07, 6.45) is -1.72. The molecule has 0 saturated carbocycles. The summed E-state index contributed by atoms with van der Waals surface area (Å²) in [5.74, 6) is 0. The minimum absolute atomic E-state index is 0.344. The summed E-state index contributed by atoms with van der Waals surface area (Å²) in [5.41, 5.74) is 3.99. The number of rotatable bonds is 15. The summed E-state index contributed by atoms with van der Waals surface area (Å²) in [7, 11) is 0. The molecule has 1 aliphatic heterocycles. The zero-order valence-electron chi connectivity index (χ0n) is 25.8. The lowest BCUT2D eigenvalue weighted by atomic mass is 9.98. The molecule has 0 aliphatic carbocycles. The van der Waals surface area contributed by atoms with Crippen LogP contribution in [0.25, 0.3) is 0 Å². The standard InChI is InChI=1S/C40H40O5S/c1-6-16-31(17-7-1)26-41-30-36-37(42-27-32-18-8-2-9-19-32)38(43-28-33-20-10-3-11-21-33)39(44-29-34-22-12-4-13-23-34)40(45-36)46-35-24-14-5-15-25-35/h1-25,36-40H,26-30H2/t36-,37-,38+,39-,40+/m1/s1. The van der Waals surface area contributed by atoms with Crippen molar-refractivity contribution in [1.29, 1.82) is 0 Å². The summed E-state index contributed by atoms with van der Waals surface area (Å²) < 4.78 is 33.6. The van der Waals surface area contributed by atoms with Crippen LogP contribution in [-0.4, -0.2) is 36.5 Å². The Hall–Kier alpha value is -3.75. The van der Waals surface area contributed by atoms with Gasteiger partial charge in [-0.25, -0.2) is 0 Å². The van der Waals surface area contributed by atoms with Gasteiger partial charge in [-0.2, -0.15) is 0 Å². The first-order valence-corrected chi connectivity index (χ1v) is 16.7. The normalized spacial score (nSPS) is 21.2. The fourth-order valence-corrected chi connectivity index (χ4v) is 6.62. The van der Waals surface area contributed by atoms with E-state index >= 15 is 0 Å². The van der Waals surface area contributed by atoms with Gasteiger partial charge in [-0.3, -0.25) is 0 Å². The third-order valence-corrected chi connectivity index (χ3v) is 8.99. The van der Waals surface area contributed by atoms with Gasteiger partial charge in [-0.1, -0.05) is 151 Å². The molecule has 1 saturated heterocycles. The molecule has 6 rings (SSSR count). The van der Waals surface area contributed by atoms with Crippen LogP contribution in [0.2, 0.25) is 0 Å². The lowest BCUT2D eigenvalue weighted by Crippen LogP contribution is -2.60. The second-order valence-electron chi connectivity index (χ2n) is 11.3. The molecule has 1 fully saturated rings. The maximum Gasteiger partial charge on any atom is 0.137 e. The largest absolute Gasteiger partial charge is 0.374 e. The van der Waals surface area contributed by atoms with Crippen LogP contribution in [0.1, 0.15) is 22.3 Å². The van der Waals surface area contributed by atoms with Gasteiger partial charge >= 0.3 is 0 Å². The van der Waals surface area contributed by atoms with Crippen molar-refractivity contribution in [3.8, 4) is 0 Å². The highest BCUT2D eigenvalue weighted by atomic mass is 32.2. The van der Waals surface area contributed by atoms with Crippen LogP contribution < -0.4 is 0 Å². The molecule has 236 valence electrons. The summed E-state index contributed by atoms with van der Waals surface area (Å²) in [4.78, 5) is 1.09. The Morgan fingerprint density at radius 1 is 0.435 bits per heavy atom. The van der Waals surface area contributed by atoms with Crippen molar-refractivity contribution in [3.05, 3.63) is 174 Å². The Labute approximate surface area is 276 Å². The summed E-state index contributed by atoms with van der Waals surface area (Å²) in [6.45, 7) is 2.08. The molecular weight excluding hydrogens is 593 g/mol. The van der Waals surface area contributed by atoms with E-state index < -0.39 is 24.4 Å². The second kappa shape index (κ2) is 17.2. The van der Waals surface area contributed by atoms with E-state index in [0.29, 0.717) is 33.0 Å². The lowest BCUT2D eigenvalue weighted by molar-refractivity contribution is -0.254. The smallest absolute Gasteiger partial charge is 0.137 e. The summed E-state index contributed by atoms with van der Waals surface area (Å²) in [5, 5.41) is 0. The SMILES string of the molecule is c1ccc(COC[C@H]2O[C@@H](Sc3ccccc3)[C@H](OCc3ccccc3)[C@@H](OCc3ccccc3)[C@@H]2OCc2ccccc2)cc1. The van der Waals surface area contributed by atoms with E-state index in [1.165, 1.54) is 0 Å². The number of benzene rings is 5. The number of hydrogen-bond acceptors (Lipinski definition) is 6. The molecule has 5 nitrogen and oxygen atoms in total. The van der Waals surface area contributed by atoms with Crippen LogP contribution in [-0.2, 0) is 50.1 Å². The fraction of sp³-hybridized carbons (Fsp3) is 0.250. The second-order valence-corrected chi connectivity index (χ2v) is 12.4. The van der Waals surface area contributed by atoms with Crippen molar-refractivity contribution >= 4 is 11.8 Å². The maximum absolute atomic E-state index is 6.92. The molecule has 5 atom stereocenters. The van der Waals surface area contributed by atoms with E-state index in [2.05, 4.69) is 60.7 Å². The summed E-state index contributed by atoms with van der Waals surface area (Å²) in [6, 6.07) is 51.2. The molecule has 46 heavy (non-hydrogen) atoms. The molecule has 1 aliphatic rings. The maximum atomic E-state index is 6.92. The molecule has 0 amide bonds. The zero-order valence-corrected chi connectivity index (χ0v) is 26.6. The molecule has 0 bridgehead atoms. The van der Waals surface area contributed by atoms with Crippen LogP contribution in [0, 0.1) is 0 Å². The summed E-state index contributed by atoms with van der Waals surface area (Å²) >= 11 is 1.64. The minimum atomic E-state index is -0.451. The zero-order chi connectivity index (χ0) is 31.2. The predicted octanol–water partition coefficient (Wildman–Crippen LogP) is 8.48. The molecule has 0 spiro atoms. The number of hydrogen-bond donors (Lipinski definition) is 0. The molecule has 0 aromatic heterocycles. The van der Waals surface area contributed by atoms with Gasteiger partial charge in [0.25, 0.3) is 0 Å². The Morgan fingerprint density at radius 3 is 1.30 bits per heavy atom. The van der Waals surface area contributed by atoms with Crippen molar-refractivity contribution in [2.45, 2.75) is 61.2 Å². The van der Waals surface area contributed by atoms with Crippen LogP contribution in [0.15, 0.2) is 157 Å². The van der Waals surface area contributed by atoms with Crippen LogP contribution >= 0.6 is 11.8 Å². The lowest BCUT2D eigenvalue weighted by Gasteiger charge is -2.46. The third kappa shape index (κ3) is 9.39. The van der Waals surface area contributed by atoms with Gasteiger partial charge in [0.2, 0.25) is 0 Å². The Balaban J connectivity index is 1.31. The first-order chi connectivity index (χ1) is 22.8. The van der Waals surface area contributed by atoms with Gasteiger partial charge in [0.1, 0.15) is 29.9 Å². The van der Waals surface area contributed by atoms with Gasteiger partial charge in [0.15, 0.2) is 0 Å². The van der Waals surface area contributed by atoms with Crippen molar-refractivity contribution < 1.29 is 23.7 Å². The van der Waals surface area contributed by atoms with Gasteiger partial charge < -0.3 is 23.7 Å². The highest BCUT2D eigenvalue weighted by molar-refractivity contribution is 7.99. The van der Waals surface area contributed by atoms with Crippen molar-refractivity contribution in [2.24, 2.45) is 0 Å². The van der Waals surface area contributed by atoms with Gasteiger partial charge in [0, 0.05) is 4.90 Å². The fourth-order valence-electron chi connectivity index (χ4n) is 5.48. The van der Waals surface area contributed by atoms with Crippen LogP contribution in [0.5, 0.6) is 0 Å². The molecule has 0 unspecified atom stereocenters. The molecule has 5 aromatic rings. The quantitative estimate of drug-likeness (QED) is 0.115.